The molecular weight excluding hydrogens is 261 g/mol. The van der Waals surface area contributed by atoms with Crippen LogP contribution in [0.25, 0.3) is 0 Å². The maximum atomic E-state index is 13.8. The van der Waals surface area contributed by atoms with E-state index in [0.29, 0.717) is 5.56 Å². The topological polar surface area (TPSA) is 58.6 Å². The Morgan fingerprint density at radius 1 is 1.35 bits per heavy atom. The second-order valence-electron chi connectivity index (χ2n) is 5.87. The Balaban J connectivity index is 2.76. The van der Waals surface area contributed by atoms with Crippen molar-refractivity contribution in [2.24, 2.45) is 0 Å². The molecule has 0 aliphatic carbocycles. The van der Waals surface area contributed by atoms with E-state index in [0.717, 1.165) is 0 Å². The monoisotopic (exact) mass is 283 g/mol. The number of aliphatic hydroxyl groups excluding tert-OH is 1. The van der Waals surface area contributed by atoms with Crippen LogP contribution in [0.3, 0.4) is 0 Å². The van der Waals surface area contributed by atoms with Gasteiger partial charge in [0.05, 0.1) is 6.10 Å². The van der Waals surface area contributed by atoms with Crippen LogP contribution >= 0.6 is 0 Å². The fourth-order valence-corrected chi connectivity index (χ4v) is 1.59. The van der Waals surface area contributed by atoms with Crippen LogP contribution in [0.15, 0.2) is 18.2 Å². The first-order chi connectivity index (χ1) is 9.10. The average Bonchev–Trinajstić information content (AvgIpc) is 2.29. The van der Waals surface area contributed by atoms with Crippen molar-refractivity contribution in [2.75, 3.05) is 0 Å². The Morgan fingerprint density at radius 3 is 2.40 bits per heavy atom. The molecule has 0 aliphatic heterocycles. The van der Waals surface area contributed by atoms with Crippen molar-refractivity contribution in [3.05, 3.63) is 29.6 Å². The van der Waals surface area contributed by atoms with Crippen LogP contribution in [0.2, 0.25) is 0 Å². The number of hydrogen-bond acceptors (Lipinski definition) is 3. The van der Waals surface area contributed by atoms with E-state index in [2.05, 4.69) is 5.32 Å². The van der Waals surface area contributed by atoms with E-state index < -0.39 is 18.0 Å². The molecule has 1 rings (SSSR count). The van der Waals surface area contributed by atoms with E-state index in [-0.39, 0.29) is 17.2 Å². The lowest BCUT2D eigenvalue weighted by Crippen LogP contribution is -2.46. The van der Waals surface area contributed by atoms with Crippen molar-refractivity contribution in [3.8, 4) is 5.75 Å². The minimum Gasteiger partial charge on any atom is -0.478 e. The fourth-order valence-electron chi connectivity index (χ4n) is 1.59. The van der Waals surface area contributed by atoms with E-state index in [4.69, 9.17) is 4.74 Å². The Bertz CT molecular complexity index is 480. The number of carbonyl (C=O) groups excluding carboxylic acids is 1. The van der Waals surface area contributed by atoms with Gasteiger partial charge in [0.15, 0.2) is 17.7 Å². The molecular formula is C15H22FNO3. The first kappa shape index (κ1) is 16.4. The second-order valence-corrected chi connectivity index (χ2v) is 5.87. The van der Waals surface area contributed by atoms with Crippen molar-refractivity contribution in [1.29, 1.82) is 0 Å². The van der Waals surface area contributed by atoms with Crippen LogP contribution in [0.4, 0.5) is 4.39 Å². The second kappa shape index (κ2) is 6.22. The maximum Gasteiger partial charge on any atom is 0.261 e. The highest BCUT2D eigenvalue weighted by Gasteiger charge is 2.21. The number of halogens is 1. The van der Waals surface area contributed by atoms with Crippen LogP contribution in [0.1, 0.15) is 46.3 Å². The number of amides is 1. The number of rotatable bonds is 4. The summed E-state index contributed by atoms with van der Waals surface area (Å²) in [5.41, 5.74) is 0.0883. The predicted molar refractivity (Wildman–Crippen MR) is 75.0 cm³/mol. The molecule has 0 heterocycles. The molecule has 4 nitrogen and oxygen atoms in total. The number of hydrogen-bond donors (Lipinski definition) is 2. The Labute approximate surface area is 119 Å². The summed E-state index contributed by atoms with van der Waals surface area (Å²) < 4.78 is 19.1. The molecule has 0 saturated carbocycles. The highest BCUT2D eigenvalue weighted by Crippen LogP contribution is 2.23. The lowest BCUT2D eigenvalue weighted by Gasteiger charge is -2.23. The van der Waals surface area contributed by atoms with Crippen LogP contribution in [-0.4, -0.2) is 22.7 Å². The molecule has 5 heteroatoms. The number of nitrogens with one attached hydrogen (secondary N) is 1. The molecule has 1 aromatic rings. The normalized spacial score (nSPS) is 14.6. The molecule has 2 atom stereocenters. The Kier molecular flexibility index (Phi) is 5.11. The van der Waals surface area contributed by atoms with Gasteiger partial charge >= 0.3 is 0 Å². The molecule has 1 unspecified atom stereocenters. The summed E-state index contributed by atoms with van der Waals surface area (Å²) in [7, 11) is 0. The lowest BCUT2D eigenvalue weighted by atomic mass is 10.1. The lowest BCUT2D eigenvalue weighted by molar-refractivity contribution is -0.128. The zero-order valence-electron chi connectivity index (χ0n) is 12.5. The zero-order chi connectivity index (χ0) is 15.5. The van der Waals surface area contributed by atoms with Crippen molar-refractivity contribution >= 4 is 5.91 Å². The number of benzene rings is 1. The molecule has 0 fully saturated rings. The standard InChI is InChI=1S/C15H22FNO3/c1-9(18)11-6-7-13(12(16)8-11)20-10(2)14(19)17-15(3,4)5/h6-10,18H,1-5H3,(H,17,19)/t9-,10?/m0/s1. The molecule has 0 aromatic heterocycles. The average molecular weight is 283 g/mol. The van der Waals surface area contributed by atoms with Gasteiger partial charge in [-0.3, -0.25) is 4.79 Å². The van der Waals surface area contributed by atoms with E-state index >= 15 is 0 Å². The van der Waals surface area contributed by atoms with Gasteiger partial charge in [0.25, 0.3) is 5.91 Å². The quantitative estimate of drug-likeness (QED) is 0.893. The molecule has 0 spiro atoms. The third-order valence-corrected chi connectivity index (χ3v) is 2.61. The minimum absolute atomic E-state index is 0.00837. The number of carbonyl (C=O) groups is 1. The summed E-state index contributed by atoms with van der Waals surface area (Å²) in [6.07, 6.45) is -1.55. The summed E-state index contributed by atoms with van der Waals surface area (Å²) in [5.74, 6) is -0.915. The first-order valence-electron chi connectivity index (χ1n) is 6.56. The highest BCUT2D eigenvalue weighted by atomic mass is 19.1. The first-order valence-corrected chi connectivity index (χ1v) is 6.56. The number of aliphatic hydroxyl groups is 1. The van der Waals surface area contributed by atoms with Gasteiger partial charge in [0, 0.05) is 5.54 Å². The van der Waals surface area contributed by atoms with Gasteiger partial charge in [-0.2, -0.15) is 0 Å². The largest absolute Gasteiger partial charge is 0.478 e. The summed E-state index contributed by atoms with van der Waals surface area (Å²) in [6.45, 7) is 8.68. The van der Waals surface area contributed by atoms with Gasteiger partial charge in [-0.1, -0.05) is 6.07 Å². The fraction of sp³-hybridized carbons (Fsp3) is 0.533. The van der Waals surface area contributed by atoms with E-state index in [9.17, 15) is 14.3 Å². The molecule has 112 valence electrons. The molecule has 1 amide bonds. The molecule has 0 radical (unpaired) electrons. The summed E-state index contributed by atoms with van der Waals surface area (Å²) >= 11 is 0. The van der Waals surface area contributed by atoms with Gasteiger partial charge < -0.3 is 15.2 Å². The Morgan fingerprint density at radius 2 is 1.95 bits per heavy atom. The van der Waals surface area contributed by atoms with Crippen molar-refractivity contribution in [2.45, 2.75) is 52.4 Å². The molecule has 0 aliphatic rings. The van der Waals surface area contributed by atoms with Gasteiger partial charge in [-0.15, -0.1) is 0 Å². The Hall–Kier alpha value is -1.62. The smallest absolute Gasteiger partial charge is 0.261 e. The van der Waals surface area contributed by atoms with Crippen LogP contribution in [0.5, 0.6) is 5.75 Å². The molecule has 0 saturated heterocycles. The van der Waals surface area contributed by atoms with Gasteiger partial charge in [-0.25, -0.2) is 4.39 Å². The van der Waals surface area contributed by atoms with Crippen molar-refractivity contribution in [1.82, 2.24) is 5.32 Å². The molecule has 0 bridgehead atoms. The number of ether oxygens (including phenoxy) is 1. The van der Waals surface area contributed by atoms with Gasteiger partial charge in [-0.05, 0) is 52.3 Å². The third-order valence-electron chi connectivity index (χ3n) is 2.61. The summed E-state index contributed by atoms with van der Waals surface area (Å²) in [5, 5.41) is 12.1. The SMILES string of the molecule is CC(Oc1ccc([C@H](C)O)cc1F)C(=O)NC(C)(C)C. The van der Waals surface area contributed by atoms with Crippen LogP contribution < -0.4 is 10.1 Å². The summed E-state index contributed by atoms with van der Waals surface area (Å²) in [6, 6.07) is 4.18. The maximum absolute atomic E-state index is 13.8. The van der Waals surface area contributed by atoms with Crippen LogP contribution in [0, 0.1) is 5.82 Å². The van der Waals surface area contributed by atoms with E-state index in [1.54, 1.807) is 19.9 Å². The third kappa shape index (κ3) is 4.81. The highest BCUT2D eigenvalue weighted by molar-refractivity contribution is 5.81. The van der Waals surface area contributed by atoms with E-state index in [1.807, 2.05) is 20.8 Å². The zero-order valence-corrected chi connectivity index (χ0v) is 12.5. The predicted octanol–water partition coefficient (Wildman–Crippen LogP) is 2.56. The van der Waals surface area contributed by atoms with Gasteiger partial charge in [0.2, 0.25) is 0 Å². The minimum atomic E-state index is -0.805. The van der Waals surface area contributed by atoms with Gasteiger partial charge in [0.1, 0.15) is 0 Å². The van der Waals surface area contributed by atoms with Crippen molar-refractivity contribution < 1.29 is 19.0 Å². The van der Waals surface area contributed by atoms with Crippen molar-refractivity contribution in [3.63, 3.8) is 0 Å². The molecule has 20 heavy (non-hydrogen) atoms. The molecule has 1 aromatic carbocycles. The van der Waals surface area contributed by atoms with E-state index in [1.165, 1.54) is 12.1 Å². The molecule has 2 N–H and O–H groups in total. The summed E-state index contributed by atoms with van der Waals surface area (Å²) in [4.78, 5) is 11.9. The van der Waals surface area contributed by atoms with Crippen LogP contribution in [-0.2, 0) is 4.79 Å².